The lowest BCUT2D eigenvalue weighted by molar-refractivity contribution is 1.01. The highest BCUT2D eigenvalue weighted by molar-refractivity contribution is 6.13. The Bertz CT molecular complexity index is 4050. The smallest absolute Gasteiger partial charge is 0.140 e. The lowest BCUT2D eigenvalue weighted by Gasteiger charge is -2.18. The summed E-state index contributed by atoms with van der Waals surface area (Å²) in [5, 5.41) is 9.72. The van der Waals surface area contributed by atoms with E-state index in [1.807, 2.05) is 0 Å². The second kappa shape index (κ2) is 13.4. The third-order valence-electron chi connectivity index (χ3n) is 13.4. The maximum absolute atomic E-state index is 5.70. The number of rotatable bonds is 5. The summed E-state index contributed by atoms with van der Waals surface area (Å²) >= 11 is 0. The van der Waals surface area contributed by atoms with Crippen molar-refractivity contribution >= 4 is 87.2 Å². The highest BCUT2D eigenvalue weighted by atomic mass is 15.1. The number of hydrogen-bond acceptors (Lipinski definition) is 1. The first-order chi connectivity index (χ1) is 31.8. The van der Waals surface area contributed by atoms with Gasteiger partial charge in [0.15, 0.2) is 0 Å². The van der Waals surface area contributed by atoms with Crippen molar-refractivity contribution in [3.05, 3.63) is 224 Å². The van der Waals surface area contributed by atoms with E-state index in [1.54, 1.807) is 0 Å². The molecule has 0 saturated carbocycles. The Hall–Kier alpha value is -8.67. The van der Waals surface area contributed by atoms with Crippen LogP contribution >= 0.6 is 0 Å². The Morgan fingerprint density at radius 1 is 0.250 bits per heavy atom. The van der Waals surface area contributed by atoms with E-state index in [9.17, 15) is 0 Å². The van der Waals surface area contributed by atoms with Crippen molar-refractivity contribution in [2.75, 3.05) is 0 Å². The average Bonchev–Trinajstić information content (AvgIpc) is 4.09. The molecule has 14 rings (SSSR count). The predicted octanol–water partition coefficient (Wildman–Crippen LogP) is 15.1. The van der Waals surface area contributed by atoms with Gasteiger partial charge in [0.25, 0.3) is 0 Å². The van der Waals surface area contributed by atoms with Crippen LogP contribution in [0.4, 0.5) is 0 Å². The van der Waals surface area contributed by atoms with Crippen molar-refractivity contribution in [1.29, 1.82) is 0 Å². The van der Waals surface area contributed by atoms with Crippen LogP contribution in [0.5, 0.6) is 0 Å². The van der Waals surface area contributed by atoms with Gasteiger partial charge < -0.3 is 9.13 Å². The molecule has 0 spiro atoms. The van der Waals surface area contributed by atoms with Crippen LogP contribution in [0.25, 0.3) is 121 Å². The zero-order valence-corrected chi connectivity index (χ0v) is 34.6. The molecule has 0 atom stereocenters. The van der Waals surface area contributed by atoms with Gasteiger partial charge in [-0.3, -0.25) is 9.13 Å². The van der Waals surface area contributed by atoms with Gasteiger partial charge in [0.1, 0.15) is 11.6 Å². The molecule has 64 heavy (non-hydrogen) atoms. The van der Waals surface area contributed by atoms with Crippen molar-refractivity contribution in [3.63, 3.8) is 0 Å². The first-order valence-electron chi connectivity index (χ1n) is 21.9. The van der Waals surface area contributed by atoms with Crippen LogP contribution in [0, 0.1) is 0 Å². The summed E-state index contributed by atoms with van der Waals surface area (Å²) in [6.45, 7) is 0. The molecule has 0 aliphatic carbocycles. The second-order valence-electron chi connectivity index (χ2n) is 16.8. The van der Waals surface area contributed by atoms with E-state index >= 15 is 0 Å². The highest BCUT2D eigenvalue weighted by Gasteiger charge is 2.22. The molecule has 0 aliphatic heterocycles. The third-order valence-corrected chi connectivity index (χ3v) is 13.4. The van der Waals surface area contributed by atoms with Gasteiger partial charge in [-0.25, -0.2) is 4.98 Å². The number of nitrogens with zero attached hydrogens (tertiary/aromatic N) is 5. The van der Waals surface area contributed by atoms with Gasteiger partial charge in [-0.05, 0) is 84.4 Å². The first-order valence-corrected chi connectivity index (χ1v) is 21.9. The van der Waals surface area contributed by atoms with Gasteiger partial charge in [-0.1, -0.05) is 146 Å². The topological polar surface area (TPSA) is 32.6 Å². The van der Waals surface area contributed by atoms with E-state index < -0.39 is 0 Å². The Morgan fingerprint density at radius 2 is 0.578 bits per heavy atom. The molecule has 0 unspecified atom stereocenters. The Labute approximate surface area is 367 Å². The van der Waals surface area contributed by atoms with Crippen molar-refractivity contribution in [1.82, 2.24) is 23.3 Å². The lowest BCUT2D eigenvalue weighted by Crippen LogP contribution is -2.05. The van der Waals surface area contributed by atoms with Gasteiger partial charge in [-0.2, -0.15) is 0 Å². The van der Waals surface area contributed by atoms with E-state index in [2.05, 4.69) is 243 Å². The summed E-state index contributed by atoms with van der Waals surface area (Å²) in [5.74, 6) is 1.71. The quantitative estimate of drug-likeness (QED) is 0.170. The van der Waals surface area contributed by atoms with Gasteiger partial charge in [0.2, 0.25) is 0 Å². The van der Waals surface area contributed by atoms with Crippen molar-refractivity contribution in [3.8, 4) is 34.1 Å². The number of para-hydroxylation sites is 8. The lowest BCUT2D eigenvalue weighted by atomic mass is 10.0. The molecule has 0 amide bonds. The molecule has 5 nitrogen and oxygen atoms in total. The molecule has 0 fully saturated rings. The zero-order chi connectivity index (χ0) is 41.9. The standard InChI is InChI=1S/C59H37N5/c1-9-25-49(62-52-28-12-4-20-43(52)44-21-5-13-29-53(44)62)40(17-1)38-35-58(63-54-30-14-6-22-45(54)46-23-7-15-31-55(46)63)60-59(36-38)64-56-32-16-8-24-47(56)48-37-39(33-34-57(48)64)61-50-26-10-2-18-41(50)42-19-3-11-27-51(42)61/h1-37H. The van der Waals surface area contributed by atoms with Crippen LogP contribution in [-0.2, 0) is 0 Å². The summed E-state index contributed by atoms with van der Waals surface area (Å²) in [4.78, 5) is 5.70. The van der Waals surface area contributed by atoms with Gasteiger partial charge >= 0.3 is 0 Å². The zero-order valence-electron chi connectivity index (χ0n) is 34.6. The fourth-order valence-corrected chi connectivity index (χ4v) is 10.7. The minimum absolute atomic E-state index is 0.849. The molecule has 0 aliphatic rings. The number of aromatic nitrogens is 5. The number of hydrogen-bond donors (Lipinski definition) is 0. The van der Waals surface area contributed by atoms with E-state index in [1.165, 1.54) is 65.2 Å². The van der Waals surface area contributed by atoms with Crippen LogP contribution in [-0.4, -0.2) is 23.3 Å². The minimum Gasteiger partial charge on any atom is -0.309 e. The van der Waals surface area contributed by atoms with Gasteiger partial charge in [0, 0.05) is 54.3 Å². The molecule has 0 radical (unpaired) electrons. The second-order valence-corrected chi connectivity index (χ2v) is 16.8. The van der Waals surface area contributed by atoms with Crippen LogP contribution in [0.3, 0.4) is 0 Å². The van der Waals surface area contributed by atoms with E-state index in [0.717, 1.165) is 56.2 Å². The molecule has 0 bridgehead atoms. The van der Waals surface area contributed by atoms with Crippen molar-refractivity contribution < 1.29 is 0 Å². The molecule has 9 aromatic carbocycles. The largest absolute Gasteiger partial charge is 0.309 e. The normalized spacial score (nSPS) is 12.1. The summed E-state index contributed by atoms with van der Waals surface area (Å²) in [5.41, 5.74) is 13.6. The summed E-state index contributed by atoms with van der Waals surface area (Å²) in [6, 6.07) is 81.4. The maximum atomic E-state index is 5.70. The SMILES string of the molecule is c1ccc(-n2c3ccccc3c3ccccc32)c(-c2cc(-n3c4ccccc4c4ccccc43)nc(-n3c4ccccc4c4cc(-n5c6ccccc6c6ccccc65)ccc43)c2)c1. The summed E-state index contributed by atoms with van der Waals surface area (Å²) < 4.78 is 9.54. The maximum Gasteiger partial charge on any atom is 0.140 e. The Morgan fingerprint density at radius 3 is 1.02 bits per heavy atom. The number of pyridine rings is 1. The van der Waals surface area contributed by atoms with Gasteiger partial charge in [-0.15, -0.1) is 0 Å². The third kappa shape index (κ3) is 4.92. The molecule has 5 heterocycles. The van der Waals surface area contributed by atoms with E-state index in [0.29, 0.717) is 0 Å². The fraction of sp³-hybridized carbons (Fsp3) is 0. The summed E-state index contributed by atoms with van der Waals surface area (Å²) in [6.07, 6.45) is 0. The Balaban J connectivity index is 1.07. The average molecular weight is 816 g/mol. The van der Waals surface area contributed by atoms with E-state index in [4.69, 9.17) is 4.98 Å². The van der Waals surface area contributed by atoms with Crippen LogP contribution in [0.1, 0.15) is 0 Å². The molecule has 0 N–H and O–H groups in total. The number of fused-ring (bicyclic) bond motifs is 12. The highest BCUT2D eigenvalue weighted by Crippen LogP contribution is 2.41. The van der Waals surface area contributed by atoms with Gasteiger partial charge in [0.05, 0.1) is 49.8 Å². The monoisotopic (exact) mass is 815 g/mol. The first kappa shape index (κ1) is 35.0. The molecule has 0 saturated heterocycles. The van der Waals surface area contributed by atoms with Crippen LogP contribution in [0.15, 0.2) is 224 Å². The van der Waals surface area contributed by atoms with Crippen molar-refractivity contribution in [2.24, 2.45) is 0 Å². The number of benzene rings is 9. The van der Waals surface area contributed by atoms with Crippen molar-refractivity contribution in [2.45, 2.75) is 0 Å². The molecule has 298 valence electrons. The molecule has 5 heteroatoms. The Kier molecular flexibility index (Phi) is 7.33. The minimum atomic E-state index is 0.849. The predicted molar refractivity (Wildman–Crippen MR) is 267 cm³/mol. The molecule has 5 aromatic heterocycles. The molecule has 14 aromatic rings. The van der Waals surface area contributed by atoms with Crippen LogP contribution in [0.2, 0.25) is 0 Å². The molecular weight excluding hydrogens is 779 g/mol. The summed E-state index contributed by atoms with van der Waals surface area (Å²) in [7, 11) is 0. The van der Waals surface area contributed by atoms with E-state index in [-0.39, 0.29) is 0 Å². The fourth-order valence-electron chi connectivity index (χ4n) is 10.7. The molecular formula is C59H37N5. The van der Waals surface area contributed by atoms with Crippen LogP contribution < -0.4 is 0 Å².